The van der Waals surface area contributed by atoms with Crippen LogP contribution < -0.4 is 14.8 Å². The number of carbonyl (C=O) groups is 2. The molecular formula is C28H34F3N3O5. The number of ether oxygens (including phenoxy) is 2. The number of halogens is 3. The predicted molar refractivity (Wildman–Crippen MR) is 139 cm³/mol. The normalized spacial score (nSPS) is 18.3. The van der Waals surface area contributed by atoms with Gasteiger partial charge in [-0.15, -0.1) is 0 Å². The molecule has 212 valence electrons. The van der Waals surface area contributed by atoms with E-state index in [1.165, 1.54) is 19.3 Å². The van der Waals surface area contributed by atoms with E-state index >= 15 is 0 Å². The number of aromatic nitrogens is 1. The van der Waals surface area contributed by atoms with Crippen LogP contribution in [0.2, 0.25) is 0 Å². The number of nitrogens with one attached hydrogen (secondary N) is 1. The first-order valence-electron chi connectivity index (χ1n) is 13.0. The van der Waals surface area contributed by atoms with Crippen molar-refractivity contribution >= 4 is 18.0 Å². The van der Waals surface area contributed by atoms with Gasteiger partial charge < -0.3 is 24.8 Å². The van der Waals surface area contributed by atoms with Crippen LogP contribution in [0.15, 0.2) is 48.8 Å². The number of pyridine rings is 1. The molecular weight excluding hydrogens is 515 g/mol. The number of benzene rings is 1. The second-order valence-electron chi connectivity index (χ2n) is 9.20. The second kappa shape index (κ2) is 14.5. The zero-order valence-electron chi connectivity index (χ0n) is 21.8. The molecule has 0 spiro atoms. The molecule has 0 bridgehead atoms. The number of alkyl halides is 3. The summed E-state index contributed by atoms with van der Waals surface area (Å²) in [5.41, 5.74) is 1.98. The van der Waals surface area contributed by atoms with Gasteiger partial charge in [-0.05, 0) is 56.4 Å². The lowest BCUT2D eigenvalue weighted by molar-refractivity contribution is -0.192. The fraction of sp³-hybridized carbons (Fsp3) is 0.464. The maximum absolute atomic E-state index is 13.0. The van der Waals surface area contributed by atoms with Gasteiger partial charge in [0, 0.05) is 43.7 Å². The molecule has 1 amide bonds. The Kier molecular flexibility index (Phi) is 11.2. The minimum absolute atomic E-state index is 0.00539. The van der Waals surface area contributed by atoms with E-state index < -0.39 is 12.1 Å². The SMILES string of the molecule is CCOc1cccc(/C=C/C(=O)N2CCNC(c3cccnc3)C2)c1OC1CCCCC1.O=C(O)C(F)(F)F. The van der Waals surface area contributed by atoms with Crippen LogP contribution in [0.5, 0.6) is 11.5 Å². The molecule has 1 unspecified atom stereocenters. The molecule has 4 rings (SSSR count). The first-order valence-corrected chi connectivity index (χ1v) is 13.0. The van der Waals surface area contributed by atoms with E-state index in [9.17, 15) is 18.0 Å². The summed E-state index contributed by atoms with van der Waals surface area (Å²) in [6.45, 7) is 4.61. The van der Waals surface area contributed by atoms with E-state index in [4.69, 9.17) is 19.4 Å². The minimum atomic E-state index is -5.08. The zero-order chi connectivity index (χ0) is 28.3. The highest BCUT2D eigenvalue weighted by Crippen LogP contribution is 2.35. The van der Waals surface area contributed by atoms with Crippen molar-refractivity contribution in [1.82, 2.24) is 15.2 Å². The van der Waals surface area contributed by atoms with Gasteiger partial charge in [-0.25, -0.2) is 4.79 Å². The molecule has 1 saturated heterocycles. The molecule has 1 saturated carbocycles. The van der Waals surface area contributed by atoms with Crippen molar-refractivity contribution in [2.24, 2.45) is 0 Å². The summed E-state index contributed by atoms with van der Waals surface area (Å²) in [6, 6.07) is 9.95. The Morgan fingerprint density at radius 2 is 1.92 bits per heavy atom. The Morgan fingerprint density at radius 3 is 2.56 bits per heavy atom. The van der Waals surface area contributed by atoms with Crippen molar-refractivity contribution in [3.05, 3.63) is 59.9 Å². The third kappa shape index (κ3) is 9.27. The Bertz CT molecular complexity index is 1110. The molecule has 1 aliphatic heterocycles. The van der Waals surface area contributed by atoms with Crippen LogP contribution in [0.1, 0.15) is 56.2 Å². The summed E-state index contributed by atoms with van der Waals surface area (Å²) in [6.07, 6.45) is 8.09. The number of hydrogen-bond donors (Lipinski definition) is 2. The van der Waals surface area contributed by atoms with Crippen LogP contribution in [-0.4, -0.2) is 65.4 Å². The van der Waals surface area contributed by atoms with Gasteiger partial charge in [0.2, 0.25) is 5.91 Å². The first kappa shape index (κ1) is 29.9. The van der Waals surface area contributed by atoms with Crippen LogP contribution >= 0.6 is 0 Å². The number of rotatable bonds is 7. The van der Waals surface area contributed by atoms with Crippen LogP contribution in [0.3, 0.4) is 0 Å². The molecule has 2 aromatic rings. The highest BCUT2D eigenvalue weighted by molar-refractivity contribution is 5.92. The minimum Gasteiger partial charge on any atom is -0.490 e. The lowest BCUT2D eigenvalue weighted by Crippen LogP contribution is -2.47. The summed E-state index contributed by atoms with van der Waals surface area (Å²) in [4.78, 5) is 28.0. The van der Waals surface area contributed by atoms with Gasteiger partial charge in [0.1, 0.15) is 0 Å². The lowest BCUT2D eigenvalue weighted by atomic mass is 9.97. The molecule has 1 aliphatic carbocycles. The number of nitrogens with zero attached hydrogens (tertiary/aromatic N) is 2. The van der Waals surface area contributed by atoms with Crippen molar-refractivity contribution in [2.75, 3.05) is 26.2 Å². The molecule has 2 aliphatic rings. The van der Waals surface area contributed by atoms with Gasteiger partial charge in [-0.1, -0.05) is 24.6 Å². The molecule has 2 fully saturated rings. The highest BCUT2D eigenvalue weighted by atomic mass is 19.4. The molecule has 1 aromatic heterocycles. The Morgan fingerprint density at radius 1 is 1.18 bits per heavy atom. The number of amides is 1. The Hall–Kier alpha value is -3.60. The topological polar surface area (TPSA) is 101 Å². The number of carbonyl (C=O) groups excluding carboxylic acids is 1. The van der Waals surface area contributed by atoms with E-state index in [0.717, 1.165) is 42.0 Å². The number of piperazine rings is 1. The van der Waals surface area contributed by atoms with Gasteiger partial charge in [-0.3, -0.25) is 9.78 Å². The number of carboxylic acid groups (broad SMARTS) is 1. The Balaban J connectivity index is 0.000000532. The molecule has 1 aromatic carbocycles. The third-order valence-electron chi connectivity index (χ3n) is 6.37. The van der Waals surface area contributed by atoms with Crippen LogP contribution in [-0.2, 0) is 9.59 Å². The van der Waals surface area contributed by atoms with Gasteiger partial charge >= 0.3 is 12.1 Å². The maximum atomic E-state index is 13.0. The van der Waals surface area contributed by atoms with Crippen molar-refractivity contribution in [1.29, 1.82) is 0 Å². The van der Waals surface area contributed by atoms with Gasteiger partial charge in [0.05, 0.1) is 18.8 Å². The van der Waals surface area contributed by atoms with Crippen LogP contribution in [0, 0.1) is 0 Å². The lowest BCUT2D eigenvalue weighted by Gasteiger charge is -2.33. The smallest absolute Gasteiger partial charge is 0.490 e. The predicted octanol–water partition coefficient (Wildman–Crippen LogP) is 5.01. The standard InChI is InChI=1S/C26H33N3O3.C2HF3O2/c1-2-31-24-12-6-8-20(26(24)32-22-10-4-3-5-11-22)13-14-25(30)29-17-16-28-23(19-29)21-9-7-15-27-18-21;3-2(4,5)1(6)7/h6-9,12-15,18,22-23,28H,2-5,10-11,16-17,19H2,1H3;(H,6,7)/b14-13+;. The molecule has 0 radical (unpaired) electrons. The summed E-state index contributed by atoms with van der Waals surface area (Å²) in [5, 5.41) is 10.6. The number of carboxylic acids is 1. The van der Waals surface area contributed by atoms with E-state index in [2.05, 4.69) is 10.3 Å². The first-order chi connectivity index (χ1) is 18.7. The monoisotopic (exact) mass is 549 g/mol. The van der Waals surface area contributed by atoms with E-state index in [0.29, 0.717) is 19.7 Å². The average molecular weight is 550 g/mol. The number of aliphatic carboxylic acids is 1. The van der Waals surface area contributed by atoms with Crippen molar-refractivity contribution in [3.63, 3.8) is 0 Å². The van der Waals surface area contributed by atoms with E-state index in [1.54, 1.807) is 12.3 Å². The van der Waals surface area contributed by atoms with Crippen LogP contribution in [0.25, 0.3) is 6.08 Å². The summed E-state index contributed by atoms with van der Waals surface area (Å²) in [7, 11) is 0. The van der Waals surface area contributed by atoms with Crippen molar-refractivity contribution in [2.45, 2.75) is 57.3 Å². The fourth-order valence-electron chi connectivity index (χ4n) is 4.43. The van der Waals surface area contributed by atoms with Gasteiger partial charge in [0.15, 0.2) is 11.5 Å². The van der Waals surface area contributed by atoms with Crippen LogP contribution in [0.4, 0.5) is 13.2 Å². The van der Waals surface area contributed by atoms with Crippen molar-refractivity contribution in [3.8, 4) is 11.5 Å². The molecule has 1 atom stereocenters. The summed E-state index contributed by atoms with van der Waals surface area (Å²) < 4.78 is 44.0. The van der Waals surface area contributed by atoms with E-state index in [-0.39, 0.29) is 18.1 Å². The quantitative estimate of drug-likeness (QED) is 0.468. The van der Waals surface area contributed by atoms with Gasteiger partial charge in [0.25, 0.3) is 0 Å². The zero-order valence-corrected chi connectivity index (χ0v) is 21.8. The Labute approximate surface area is 225 Å². The number of hydrogen-bond acceptors (Lipinski definition) is 6. The van der Waals surface area contributed by atoms with E-state index in [1.807, 2.05) is 54.4 Å². The molecule has 8 nitrogen and oxygen atoms in total. The number of para-hydroxylation sites is 1. The summed E-state index contributed by atoms with van der Waals surface area (Å²) >= 11 is 0. The maximum Gasteiger partial charge on any atom is 0.490 e. The second-order valence-corrected chi connectivity index (χ2v) is 9.20. The molecule has 2 N–H and O–H groups in total. The molecule has 2 heterocycles. The van der Waals surface area contributed by atoms with Crippen molar-refractivity contribution < 1.29 is 37.3 Å². The molecule has 39 heavy (non-hydrogen) atoms. The largest absolute Gasteiger partial charge is 0.490 e. The third-order valence-corrected chi connectivity index (χ3v) is 6.37. The highest BCUT2D eigenvalue weighted by Gasteiger charge is 2.38. The fourth-order valence-corrected chi connectivity index (χ4v) is 4.43. The molecule has 11 heteroatoms. The van der Waals surface area contributed by atoms with Gasteiger partial charge in [-0.2, -0.15) is 13.2 Å². The average Bonchev–Trinajstić information content (AvgIpc) is 2.94. The summed E-state index contributed by atoms with van der Waals surface area (Å²) in [5.74, 6) is -1.26.